The normalized spacial score (nSPS) is 15.4. The number of fused-ring (bicyclic) bond motifs is 1. The first-order valence-corrected chi connectivity index (χ1v) is 10.9. The summed E-state index contributed by atoms with van der Waals surface area (Å²) in [6.07, 6.45) is 3.35. The Labute approximate surface area is 186 Å². The lowest BCUT2D eigenvalue weighted by Gasteiger charge is -2.15. The van der Waals surface area contributed by atoms with E-state index in [4.69, 9.17) is 15.2 Å². The molecule has 0 spiro atoms. The molecule has 2 aliphatic rings. The van der Waals surface area contributed by atoms with Crippen LogP contribution in [0, 0.1) is 0 Å². The third-order valence-electron chi connectivity index (χ3n) is 5.75. The van der Waals surface area contributed by atoms with Crippen molar-refractivity contribution >= 4 is 23.5 Å². The van der Waals surface area contributed by atoms with Crippen molar-refractivity contribution < 1.29 is 14.3 Å². The molecule has 1 aromatic heterocycles. The lowest BCUT2D eigenvalue weighted by molar-refractivity contribution is 0.0948. The number of hydrogen-bond donors (Lipinski definition) is 2. The fraction of sp³-hybridized carbons (Fsp3) is 0.348. The number of likely N-dealkylation sites (tertiary alicyclic amines) is 1. The molecule has 0 atom stereocenters. The molecule has 0 amide bonds. The van der Waals surface area contributed by atoms with E-state index in [0.29, 0.717) is 18.8 Å². The van der Waals surface area contributed by atoms with Crippen molar-refractivity contribution in [1.29, 1.82) is 0 Å². The largest absolute Gasteiger partial charge is 0.493 e. The Hall–Kier alpha value is -3.59. The zero-order valence-electron chi connectivity index (χ0n) is 17.8. The molecule has 0 radical (unpaired) electrons. The van der Waals surface area contributed by atoms with Gasteiger partial charge in [-0.25, -0.2) is 0 Å². The van der Waals surface area contributed by atoms with E-state index in [1.54, 1.807) is 12.1 Å². The summed E-state index contributed by atoms with van der Waals surface area (Å²) in [5.41, 5.74) is 8.23. The molecule has 1 fully saturated rings. The SMILES string of the molecule is Nc1nc(Nc2ccc(OCCN3CCCC3)cc2)nn1C(=O)c1ccc2c(c1)CCO2. The van der Waals surface area contributed by atoms with E-state index in [-0.39, 0.29) is 17.8 Å². The highest BCUT2D eigenvalue weighted by atomic mass is 16.5. The Morgan fingerprint density at radius 1 is 1.16 bits per heavy atom. The van der Waals surface area contributed by atoms with Crippen molar-refractivity contribution in [2.45, 2.75) is 19.3 Å². The van der Waals surface area contributed by atoms with Crippen LogP contribution in [0.15, 0.2) is 42.5 Å². The van der Waals surface area contributed by atoms with Gasteiger partial charge < -0.3 is 20.5 Å². The van der Waals surface area contributed by atoms with Crippen molar-refractivity contribution in [3.63, 3.8) is 0 Å². The van der Waals surface area contributed by atoms with Crippen LogP contribution in [-0.2, 0) is 6.42 Å². The van der Waals surface area contributed by atoms with Crippen LogP contribution >= 0.6 is 0 Å². The Balaban J connectivity index is 1.20. The zero-order valence-corrected chi connectivity index (χ0v) is 17.8. The fourth-order valence-corrected chi connectivity index (χ4v) is 4.03. The van der Waals surface area contributed by atoms with Gasteiger partial charge in [-0.1, -0.05) is 0 Å². The smallest absolute Gasteiger partial charge is 0.281 e. The predicted molar refractivity (Wildman–Crippen MR) is 121 cm³/mol. The quantitative estimate of drug-likeness (QED) is 0.585. The summed E-state index contributed by atoms with van der Waals surface area (Å²) in [7, 11) is 0. The van der Waals surface area contributed by atoms with E-state index >= 15 is 0 Å². The van der Waals surface area contributed by atoms with Gasteiger partial charge in [0.25, 0.3) is 5.91 Å². The molecule has 3 aromatic rings. The molecule has 166 valence electrons. The van der Waals surface area contributed by atoms with Crippen LogP contribution in [0.3, 0.4) is 0 Å². The first-order valence-electron chi connectivity index (χ1n) is 10.9. The summed E-state index contributed by atoms with van der Waals surface area (Å²) in [6.45, 7) is 4.59. The van der Waals surface area contributed by atoms with Crippen molar-refractivity contribution in [3.8, 4) is 11.5 Å². The first kappa shape index (κ1) is 20.3. The third kappa shape index (κ3) is 4.38. The fourth-order valence-electron chi connectivity index (χ4n) is 4.03. The van der Waals surface area contributed by atoms with Crippen LogP contribution in [0.4, 0.5) is 17.6 Å². The molecular formula is C23H26N6O3. The minimum atomic E-state index is -0.334. The molecule has 1 saturated heterocycles. The second-order valence-corrected chi connectivity index (χ2v) is 7.98. The van der Waals surface area contributed by atoms with Gasteiger partial charge in [0.05, 0.1) is 6.61 Å². The average molecular weight is 435 g/mol. The highest BCUT2D eigenvalue weighted by molar-refractivity contribution is 5.97. The number of rotatable bonds is 7. The molecular weight excluding hydrogens is 408 g/mol. The van der Waals surface area contributed by atoms with Gasteiger partial charge in [0.2, 0.25) is 11.9 Å². The summed E-state index contributed by atoms with van der Waals surface area (Å²) in [4.78, 5) is 19.5. The molecule has 3 heterocycles. The number of anilines is 3. The van der Waals surface area contributed by atoms with Crippen molar-refractivity contribution in [2.75, 3.05) is 43.9 Å². The number of carbonyl (C=O) groups excluding carboxylic acids is 1. The van der Waals surface area contributed by atoms with Gasteiger partial charge in [-0.2, -0.15) is 9.67 Å². The topological polar surface area (TPSA) is 108 Å². The molecule has 0 bridgehead atoms. The molecule has 0 unspecified atom stereocenters. The highest BCUT2D eigenvalue weighted by Gasteiger charge is 2.19. The lowest BCUT2D eigenvalue weighted by Crippen LogP contribution is -2.25. The van der Waals surface area contributed by atoms with Crippen LogP contribution in [-0.4, -0.2) is 58.4 Å². The van der Waals surface area contributed by atoms with Gasteiger partial charge in [-0.05, 0) is 74.0 Å². The number of aromatic nitrogens is 3. The first-order chi connectivity index (χ1) is 15.7. The summed E-state index contributed by atoms with van der Waals surface area (Å²) < 4.78 is 12.4. The molecule has 9 nitrogen and oxygen atoms in total. The van der Waals surface area contributed by atoms with Gasteiger partial charge in [0, 0.05) is 24.2 Å². The van der Waals surface area contributed by atoms with Crippen LogP contribution in [0.25, 0.3) is 0 Å². The molecule has 9 heteroatoms. The van der Waals surface area contributed by atoms with Crippen molar-refractivity contribution in [1.82, 2.24) is 19.7 Å². The second kappa shape index (κ2) is 8.88. The van der Waals surface area contributed by atoms with E-state index in [1.807, 2.05) is 30.3 Å². The number of hydrogen-bond acceptors (Lipinski definition) is 8. The van der Waals surface area contributed by atoms with E-state index in [0.717, 1.165) is 40.4 Å². The molecule has 2 aliphatic heterocycles. The minimum Gasteiger partial charge on any atom is -0.493 e. The predicted octanol–water partition coefficient (Wildman–Crippen LogP) is 2.70. The zero-order chi connectivity index (χ0) is 21.9. The van der Waals surface area contributed by atoms with Crippen molar-refractivity contribution in [3.05, 3.63) is 53.6 Å². The molecule has 2 aromatic carbocycles. The summed E-state index contributed by atoms with van der Waals surface area (Å²) in [5, 5.41) is 7.33. The highest BCUT2D eigenvalue weighted by Crippen LogP contribution is 2.26. The van der Waals surface area contributed by atoms with E-state index < -0.39 is 0 Å². The van der Waals surface area contributed by atoms with Gasteiger partial charge in [0.1, 0.15) is 18.1 Å². The molecule has 0 aliphatic carbocycles. The summed E-state index contributed by atoms with van der Waals surface area (Å²) >= 11 is 0. The van der Waals surface area contributed by atoms with E-state index in [9.17, 15) is 4.79 Å². The van der Waals surface area contributed by atoms with E-state index in [1.165, 1.54) is 25.9 Å². The number of nitrogens with one attached hydrogen (secondary N) is 1. The Bertz CT molecular complexity index is 1110. The maximum absolute atomic E-state index is 12.9. The van der Waals surface area contributed by atoms with Crippen LogP contribution in [0.2, 0.25) is 0 Å². The van der Waals surface area contributed by atoms with E-state index in [2.05, 4.69) is 20.3 Å². The van der Waals surface area contributed by atoms with Crippen LogP contribution in [0.1, 0.15) is 28.8 Å². The van der Waals surface area contributed by atoms with Gasteiger partial charge in [-0.15, -0.1) is 5.10 Å². The standard InChI is InChI=1S/C23H26N6O3/c24-22-26-23(27-29(22)21(30)17-3-8-20-16(15-17)9-13-32-20)25-18-4-6-19(7-5-18)31-14-12-28-10-1-2-11-28/h3-8,15H,1-2,9-14H2,(H3,24,25,26,27). The van der Waals surface area contributed by atoms with Gasteiger partial charge in [0.15, 0.2) is 0 Å². The molecule has 5 rings (SSSR count). The Morgan fingerprint density at radius 3 is 2.78 bits per heavy atom. The number of nitrogens with zero attached hydrogens (tertiary/aromatic N) is 4. The van der Waals surface area contributed by atoms with Crippen molar-refractivity contribution in [2.24, 2.45) is 0 Å². The summed E-state index contributed by atoms with van der Waals surface area (Å²) in [5.74, 6) is 1.57. The molecule has 0 saturated carbocycles. The number of carbonyl (C=O) groups is 1. The second-order valence-electron chi connectivity index (χ2n) is 7.98. The maximum atomic E-state index is 12.9. The Kier molecular flexibility index (Phi) is 5.64. The number of ether oxygens (including phenoxy) is 2. The number of nitrogen functional groups attached to an aromatic ring is 1. The maximum Gasteiger partial charge on any atom is 0.281 e. The molecule has 32 heavy (non-hydrogen) atoms. The monoisotopic (exact) mass is 434 g/mol. The molecule has 3 N–H and O–H groups in total. The number of nitrogens with two attached hydrogens (primary N) is 1. The Morgan fingerprint density at radius 2 is 1.97 bits per heavy atom. The van der Waals surface area contributed by atoms with Gasteiger partial charge >= 0.3 is 0 Å². The van der Waals surface area contributed by atoms with Crippen LogP contribution < -0.4 is 20.5 Å². The van der Waals surface area contributed by atoms with Gasteiger partial charge in [-0.3, -0.25) is 9.69 Å². The summed E-state index contributed by atoms with van der Waals surface area (Å²) in [6, 6.07) is 12.9. The number of benzene rings is 2. The lowest BCUT2D eigenvalue weighted by atomic mass is 10.1. The van der Waals surface area contributed by atoms with Crippen LogP contribution in [0.5, 0.6) is 11.5 Å². The third-order valence-corrected chi connectivity index (χ3v) is 5.75. The average Bonchev–Trinajstić information content (AvgIpc) is 3.55. The minimum absolute atomic E-state index is 0.0242.